The molecule has 4 N–H and O–H groups in total. The summed E-state index contributed by atoms with van der Waals surface area (Å²) in [5.74, 6) is -2.27. The van der Waals surface area contributed by atoms with E-state index < -0.39 is 23.8 Å². The summed E-state index contributed by atoms with van der Waals surface area (Å²) in [6, 6.07) is 4.14. The quantitative estimate of drug-likeness (QED) is 0.713. The van der Waals surface area contributed by atoms with Gasteiger partial charge in [-0.15, -0.1) is 0 Å². The summed E-state index contributed by atoms with van der Waals surface area (Å²) in [5, 5.41) is 11.4. The molecule has 0 aliphatic rings. The summed E-state index contributed by atoms with van der Waals surface area (Å²) in [6.07, 6.45) is -0.120. The number of nitrogens with one attached hydrogen (secondary N) is 1. The first-order chi connectivity index (χ1) is 9.29. The largest absolute Gasteiger partial charge is 0.480 e. The van der Waals surface area contributed by atoms with Gasteiger partial charge in [0.05, 0.1) is 0 Å². The zero-order chi connectivity index (χ0) is 15.3. The van der Waals surface area contributed by atoms with Gasteiger partial charge in [0, 0.05) is 12.0 Å². The zero-order valence-electron chi connectivity index (χ0n) is 11.5. The highest BCUT2D eigenvalue weighted by Crippen LogP contribution is 2.09. The van der Waals surface area contributed by atoms with Crippen molar-refractivity contribution in [3.8, 4) is 0 Å². The van der Waals surface area contributed by atoms with E-state index in [-0.39, 0.29) is 12.8 Å². The lowest BCUT2D eigenvalue weighted by Crippen LogP contribution is -2.41. The zero-order valence-corrected chi connectivity index (χ0v) is 11.5. The van der Waals surface area contributed by atoms with Gasteiger partial charge in [0.1, 0.15) is 6.04 Å². The first-order valence-electron chi connectivity index (χ1n) is 6.20. The number of hydrogen-bond acceptors (Lipinski definition) is 3. The summed E-state index contributed by atoms with van der Waals surface area (Å²) in [6.45, 7) is 3.71. The van der Waals surface area contributed by atoms with E-state index in [0.29, 0.717) is 5.56 Å². The van der Waals surface area contributed by atoms with Crippen LogP contribution in [0, 0.1) is 13.8 Å². The van der Waals surface area contributed by atoms with Gasteiger partial charge in [0.15, 0.2) is 0 Å². The molecule has 0 aliphatic heterocycles. The van der Waals surface area contributed by atoms with Gasteiger partial charge in [0.2, 0.25) is 5.91 Å². The molecule has 20 heavy (non-hydrogen) atoms. The Hall–Kier alpha value is -2.37. The first-order valence-corrected chi connectivity index (χ1v) is 6.20. The molecule has 1 atom stereocenters. The number of benzene rings is 1. The third-order valence-electron chi connectivity index (χ3n) is 2.77. The maximum Gasteiger partial charge on any atom is 0.326 e. The molecule has 2 amide bonds. The van der Waals surface area contributed by atoms with Crippen molar-refractivity contribution < 1.29 is 19.5 Å². The van der Waals surface area contributed by atoms with Gasteiger partial charge in [0.25, 0.3) is 5.91 Å². The van der Waals surface area contributed by atoms with E-state index in [1.807, 2.05) is 19.9 Å². The van der Waals surface area contributed by atoms with Crippen molar-refractivity contribution in [2.45, 2.75) is 32.7 Å². The second-order valence-corrected chi connectivity index (χ2v) is 4.75. The van der Waals surface area contributed by atoms with Crippen LogP contribution in [0.1, 0.15) is 34.3 Å². The molecule has 0 fully saturated rings. The molecule has 0 aliphatic carbocycles. The number of rotatable bonds is 6. The predicted octanol–water partition coefficient (Wildman–Crippen LogP) is 0.752. The van der Waals surface area contributed by atoms with Crippen LogP contribution in [0.2, 0.25) is 0 Å². The number of primary amides is 1. The Morgan fingerprint density at radius 3 is 2.20 bits per heavy atom. The van der Waals surface area contributed by atoms with Gasteiger partial charge in [-0.2, -0.15) is 0 Å². The summed E-state index contributed by atoms with van der Waals surface area (Å²) in [4.78, 5) is 33.8. The SMILES string of the molecule is Cc1cc(C)cc(C(=O)N[C@H](CCC(N)=O)C(=O)O)c1. The molecular weight excluding hydrogens is 260 g/mol. The van der Waals surface area contributed by atoms with Crippen LogP contribution in [-0.4, -0.2) is 28.9 Å². The van der Waals surface area contributed by atoms with E-state index >= 15 is 0 Å². The van der Waals surface area contributed by atoms with Gasteiger partial charge in [-0.3, -0.25) is 9.59 Å². The fourth-order valence-electron chi connectivity index (χ4n) is 1.89. The summed E-state index contributed by atoms with van der Waals surface area (Å²) in [5.41, 5.74) is 7.21. The lowest BCUT2D eigenvalue weighted by Gasteiger charge is -2.14. The van der Waals surface area contributed by atoms with Crippen LogP contribution in [-0.2, 0) is 9.59 Å². The van der Waals surface area contributed by atoms with Gasteiger partial charge < -0.3 is 16.2 Å². The molecule has 1 aromatic carbocycles. The predicted molar refractivity (Wildman–Crippen MR) is 73.2 cm³/mol. The van der Waals surface area contributed by atoms with Crippen molar-refractivity contribution in [1.82, 2.24) is 5.32 Å². The standard InChI is InChI=1S/C14H18N2O4/c1-8-5-9(2)7-10(6-8)13(18)16-11(14(19)20)3-4-12(15)17/h5-7,11H,3-4H2,1-2H3,(H2,15,17)(H,16,18)(H,19,20)/t11-/m1/s1. The third-order valence-corrected chi connectivity index (χ3v) is 2.77. The van der Waals surface area contributed by atoms with Crippen molar-refractivity contribution in [3.63, 3.8) is 0 Å². The van der Waals surface area contributed by atoms with Crippen LogP contribution < -0.4 is 11.1 Å². The molecule has 0 saturated carbocycles. The summed E-state index contributed by atoms with van der Waals surface area (Å²) >= 11 is 0. The average Bonchev–Trinajstić information content (AvgIpc) is 2.32. The number of carbonyl (C=O) groups excluding carboxylic acids is 2. The van der Waals surface area contributed by atoms with Gasteiger partial charge in [-0.05, 0) is 32.4 Å². The monoisotopic (exact) mass is 278 g/mol. The van der Waals surface area contributed by atoms with Gasteiger partial charge in [-0.1, -0.05) is 17.2 Å². The van der Waals surface area contributed by atoms with Crippen molar-refractivity contribution in [2.75, 3.05) is 0 Å². The van der Waals surface area contributed by atoms with Crippen LogP contribution in [0.25, 0.3) is 0 Å². The summed E-state index contributed by atoms with van der Waals surface area (Å²) in [7, 11) is 0. The fourth-order valence-corrected chi connectivity index (χ4v) is 1.89. The first kappa shape index (κ1) is 15.7. The van der Waals surface area contributed by atoms with Crippen LogP contribution in [0.15, 0.2) is 18.2 Å². The number of aryl methyl sites for hydroxylation is 2. The number of nitrogens with two attached hydrogens (primary N) is 1. The van der Waals surface area contributed by atoms with Crippen molar-refractivity contribution in [1.29, 1.82) is 0 Å². The Morgan fingerprint density at radius 2 is 1.75 bits per heavy atom. The highest BCUT2D eigenvalue weighted by atomic mass is 16.4. The Morgan fingerprint density at radius 1 is 1.20 bits per heavy atom. The topological polar surface area (TPSA) is 109 Å². The number of carboxylic acids is 1. The number of aliphatic carboxylic acids is 1. The molecule has 0 bridgehead atoms. The molecule has 1 rings (SSSR count). The smallest absolute Gasteiger partial charge is 0.326 e. The summed E-state index contributed by atoms with van der Waals surface area (Å²) < 4.78 is 0. The van der Waals surface area contributed by atoms with E-state index in [1.54, 1.807) is 12.1 Å². The normalized spacial score (nSPS) is 11.7. The van der Waals surface area contributed by atoms with Crippen LogP contribution in [0.3, 0.4) is 0 Å². The maximum atomic E-state index is 12.0. The van der Waals surface area contributed by atoms with Crippen molar-refractivity contribution in [2.24, 2.45) is 5.73 Å². The molecule has 0 spiro atoms. The van der Waals surface area contributed by atoms with Crippen LogP contribution >= 0.6 is 0 Å². The molecule has 108 valence electrons. The molecule has 0 unspecified atom stereocenters. The number of carbonyl (C=O) groups is 3. The highest BCUT2D eigenvalue weighted by molar-refractivity contribution is 5.97. The Kier molecular flexibility index (Phi) is 5.25. The second kappa shape index (κ2) is 6.70. The maximum absolute atomic E-state index is 12.0. The second-order valence-electron chi connectivity index (χ2n) is 4.75. The van der Waals surface area contributed by atoms with E-state index in [1.165, 1.54) is 0 Å². The molecule has 0 aromatic heterocycles. The van der Waals surface area contributed by atoms with E-state index in [0.717, 1.165) is 11.1 Å². The van der Waals surface area contributed by atoms with Gasteiger partial charge in [-0.25, -0.2) is 4.79 Å². The Bertz CT molecular complexity index is 520. The van der Waals surface area contributed by atoms with Crippen molar-refractivity contribution in [3.05, 3.63) is 34.9 Å². The van der Waals surface area contributed by atoms with Gasteiger partial charge >= 0.3 is 5.97 Å². The number of carboxylic acid groups (broad SMARTS) is 1. The molecule has 6 heteroatoms. The average molecular weight is 278 g/mol. The molecule has 1 aromatic rings. The number of amides is 2. The minimum atomic E-state index is -1.19. The Balaban J connectivity index is 2.79. The number of hydrogen-bond donors (Lipinski definition) is 3. The molecule has 6 nitrogen and oxygen atoms in total. The molecule has 0 heterocycles. The minimum absolute atomic E-state index is 0.0266. The van der Waals surface area contributed by atoms with E-state index in [4.69, 9.17) is 10.8 Å². The molecular formula is C14H18N2O4. The van der Waals surface area contributed by atoms with Crippen LogP contribution in [0.4, 0.5) is 0 Å². The van der Waals surface area contributed by atoms with E-state index in [9.17, 15) is 14.4 Å². The van der Waals surface area contributed by atoms with Crippen LogP contribution in [0.5, 0.6) is 0 Å². The minimum Gasteiger partial charge on any atom is -0.480 e. The lowest BCUT2D eigenvalue weighted by atomic mass is 10.1. The molecule has 0 saturated heterocycles. The third kappa shape index (κ3) is 4.72. The Labute approximate surface area is 117 Å². The fraction of sp³-hybridized carbons (Fsp3) is 0.357. The molecule has 0 radical (unpaired) electrons. The van der Waals surface area contributed by atoms with Crippen molar-refractivity contribution >= 4 is 17.8 Å². The lowest BCUT2D eigenvalue weighted by molar-refractivity contribution is -0.139. The highest BCUT2D eigenvalue weighted by Gasteiger charge is 2.21. The van der Waals surface area contributed by atoms with E-state index in [2.05, 4.69) is 5.32 Å².